The zero-order chi connectivity index (χ0) is 22.2. The summed E-state index contributed by atoms with van der Waals surface area (Å²) in [7, 11) is 0. The number of hydrogen-bond donors (Lipinski definition) is 1. The molecule has 2 aromatic heterocycles. The van der Waals surface area contributed by atoms with Crippen LogP contribution in [0.15, 0.2) is 41.3 Å². The van der Waals surface area contributed by atoms with Crippen molar-refractivity contribution in [3.05, 3.63) is 59.0 Å². The quantitative estimate of drug-likeness (QED) is 0.295. The number of benzene rings is 1. The van der Waals surface area contributed by atoms with Gasteiger partial charge in [-0.1, -0.05) is 18.2 Å². The molecule has 8 heteroatoms. The van der Waals surface area contributed by atoms with E-state index in [9.17, 15) is 9.59 Å². The lowest BCUT2D eigenvalue weighted by Crippen LogP contribution is -2.29. The number of aromatic nitrogens is 3. The topological polar surface area (TPSA) is 85.6 Å². The number of fused-ring (bicyclic) bond motifs is 1. The van der Waals surface area contributed by atoms with Crippen molar-refractivity contribution in [3.63, 3.8) is 0 Å². The lowest BCUT2D eigenvalue weighted by Gasteiger charge is -2.11. The van der Waals surface area contributed by atoms with Crippen LogP contribution in [0.5, 0.6) is 0 Å². The normalized spacial score (nSPS) is 10.9. The molecule has 3 aromatic rings. The first-order valence-corrected chi connectivity index (χ1v) is 11.3. The first kappa shape index (κ1) is 22.8. The molecule has 0 bridgehead atoms. The van der Waals surface area contributed by atoms with Gasteiger partial charge in [-0.25, -0.2) is 9.50 Å². The molecule has 1 aromatic carbocycles. The summed E-state index contributed by atoms with van der Waals surface area (Å²) >= 11 is 1.75. The zero-order valence-electron chi connectivity index (χ0n) is 18.2. The maximum Gasteiger partial charge on any atom is 0.306 e. The van der Waals surface area contributed by atoms with Crippen LogP contribution < -0.4 is 5.32 Å². The number of rotatable bonds is 10. The molecule has 0 aliphatic rings. The fourth-order valence-electron chi connectivity index (χ4n) is 3.31. The molecule has 0 saturated heterocycles. The van der Waals surface area contributed by atoms with Crippen molar-refractivity contribution >= 4 is 29.3 Å². The Morgan fingerprint density at radius 3 is 2.71 bits per heavy atom. The number of ether oxygens (including phenoxy) is 1. The van der Waals surface area contributed by atoms with Gasteiger partial charge in [0.15, 0.2) is 12.3 Å². The minimum absolute atomic E-state index is 0.191. The van der Waals surface area contributed by atoms with Crippen LogP contribution >= 0.6 is 11.8 Å². The number of amides is 1. The van der Waals surface area contributed by atoms with Gasteiger partial charge in [0.05, 0.1) is 5.69 Å². The van der Waals surface area contributed by atoms with Gasteiger partial charge in [0, 0.05) is 35.3 Å². The number of nitrogens with zero attached hydrogens (tertiary/aromatic N) is 3. The molecule has 31 heavy (non-hydrogen) atoms. The number of esters is 1. The molecule has 7 nitrogen and oxygen atoms in total. The highest BCUT2D eigenvalue weighted by molar-refractivity contribution is 7.99. The van der Waals surface area contributed by atoms with E-state index < -0.39 is 5.97 Å². The second-order valence-electron chi connectivity index (χ2n) is 7.34. The summed E-state index contributed by atoms with van der Waals surface area (Å²) in [5.41, 5.74) is 4.53. The molecule has 0 aliphatic carbocycles. The van der Waals surface area contributed by atoms with Gasteiger partial charge in [0.2, 0.25) is 0 Å². The number of thioether (sulfide) groups is 1. The summed E-state index contributed by atoms with van der Waals surface area (Å²) in [6.45, 7) is 6.13. The Balaban J connectivity index is 1.35. The smallest absolute Gasteiger partial charge is 0.306 e. The summed E-state index contributed by atoms with van der Waals surface area (Å²) in [4.78, 5) is 29.8. The van der Waals surface area contributed by atoms with Crippen LogP contribution in [0.3, 0.4) is 0 Å². The van der Waals surface area contributed by atoms with E-state index in [0.717, 1.165) is 40.5 Å². The molecule has 0 radical (unpaired) electrons. The first-order valence-electron chi connectivity index (χ1n) is 10.4. The Morgan fingerprint density at radius 2 is 1.94 bits per heavy atom. The predicted molar refractivity (Wildman–Crippen MR) is 121 cm³/mol. The minimum Gasteiger partial charge on any atom is -0.456 e. The molecule has 0 saturated carbocycles. The maximum absolute atomic E-state index is 12.1. The Morgan fingerprint density at radius 1 is 1.16 bits per heavy atom. The standard InChI is InChI=1S/C23H28N4O3S/c1-16-14-21-25-17(2)20(18(3)27(21)26-16)10-11-23(29)30-15-22(28)24-12-7-13-31-19-8-5-4-6-9-19/h4-6,8-9,14H,7,10-13,15H2,1-3H3,(H,24,28). The molecular formula is C23H28N4O3S. The predicted octanol–water partition coefficient (Wildman–Crippen LogP) is 3.43. The van der Waals surface area contributed by atoms with Crippen LogP contribution in [0.2, 0.25) is 0 Å². The van der Waals surface area contributed by atoms with E-state index in [1.54, 1.807) is 16.3 Å². The monoisotopic (exact) mass is 440 g/mol. The average molecular weight is 441 g/mol. The molecule has 1 N–H and O–H groups in total. The Labute approximate surface area is 186 Å². The van der Waals surface area contributed by atoms with E-state index in [-0.39, 0.29) is 18.9 Å². The van der Waals surface area contributed by atoms with Crippen molar-refractivity contribution in [2.45, 2.75) is 44.9 Å². The molecule has 0 fully saturated rings. The SMILES string of the molecule is Cc1cc2nc(C)c(CCC(=O)OCC(=O)NCCCSc3ccccc3)c(C)n2n1. The lowest BCUT2D eigenvalue weighted by atomic mass is 10.1. The Bertz CT molecular complexity index is 1050. The van der Waals surface area contributed by atoms with E-state index in [1.807, 2.05) is 45.0 Å². The van der Waals surface area contributed by atoms with Gasteiger partial charge in [-0.05, 0) is 57.1 Å². The van der Waals surface area contributed by atoms with Gasteiger partial charge in [-0.15, -0.1) is 11.8 Å². The van der Waals surface area contributed by atoms with E-state index in [4.69, 9.17) is 4.74 Å². The van der Waals surface area contributed by atoms with Crippen molar-refractivity contribution in [1.82, 2.24) is 19.9 Å². The first-order chi connectivity index (χ1) is 14.9. The van der Waals surface area contributed by atoms with Gasteiger partial charge >= 0.3 is 5.97 Å². The number of aryl methyl sites for hydroxylation is 3. The van der Waals surface area contributed by atoms with Crippen molar-refractivity contribution in [2.24, 2.45) is 0 Å². The number of carbonyl (C=O) groups excluding carboxylic acids is 2. The van der Waals surface area contributed by atoms with Crippen molar-refractivity contribution in [2.75, 3.05) is 18.9 Å². The van der Waals surface area contributed by atoms with Gasteiger partial charge < -0.3 is 10.1 Å². The van der Waals surface area contributed by atoms with Crippen LogP contribution in [-0.2, 0) is 20.7 Å². The fraction of sp³-hybridized carbons (Fsp3) is 0.391. The van der Waals surface area contributed by atoms with Crippen molar-refractivity contribution in [1.29, 1.82) is 0 Å². The fourth-order valence-corrected chi connectivity index (χ4v) is 4.18. The van der Waals surface area contributed by atoms with E-state index in [2.05, 4.69) is 27.5 Å². The molecule has 3 rings (SSSR count). The average Bonchev–Trinajstić information content (AvgIpc) is 3.13. The van der Waals surface area contributed by atoms with Gasteiger partial charge in [0.1, 0.15) is 0 Å². The van der Waals surface area contributed by atoms with Crippen LogP contribution in [0.4, 0.5) is 0 Å². The van der Waals surface area contributed by atoms with Crippen LogP contribution in [-0.4, -0.2) is 45.4 Å². The molecule has 2 heterocycles. The van der Waals surface area contributed by atoms with Crippen LogP contribution in [0, 0.1) is 20.8 Å². The molecule has 0 atom stereocenters. The summed E-state index contributed by atoms with van der Waals surface area (Å²) in [6, 6.07) is 12.1. The van der Waals surface area contributed by atoms with Crippen LogP contribution in [0.25, 0.3) is 5.65 Å². The maximum atomic E-state index is 12.1. The largest absolute Gasteiger partial charge is 0.456 e. The molecule has 1 amide bonds. The second kappa shape index (κ2) is 10.9. The van der Waals surface area contributed by atoms with E-state index in [0.29, 0.717) is 13.0 Å². The second-order valence-corrected chi connectivity index (χ2v) is 8.51. The highest BCUT2D eigenvalue weighted by atomic mass is 32.2. The highest BCUT2D eigenvalue weighted by Gasteiger charge is 2.14. The highest BCUT2D eigenvalue weighted by Crippen LogP contribution is 2.18. The van der Waals surface area contributed by atoms with Gasteiger partial charge in [-0.2, -0.15) is 5.10 Å². The number of nitrogens with one attached hydrogen (secondary N) is 1. The number of hydrogen-bond acceptors (Lipinski definition) is 6. The zero-order valence-corrected chi connectivity index (χ0v) is 19.0. The summed E-state index contributed by atoms with van der Waals surface area (Å²) < 4.78 is 6.92. The molecular weight excluding hydrogens is 412 g/mol. The minimum atomic E-state index is -0.398. The molecule has 0 spiro atoms. The van der Waals surface area contributed by atoms with Gasteiger partial charge in [0.25, 0.3) is 5.91 Å². The third kappa shape index (κ3) is 6.55. The molecule has 164 valence electrons. The Hall–Kier alpha value is -2.87. The summed E-state index contributed by atoms with van der Waals surface area (Å²) in [6.07, 6.45) is 1.53. The van der Waals surface area contributed by atoms with Crippen LogP contribution in [0.1, 0.15) is 35.5 Å². The van der Waals surface area contributed by atoms with Gasteiger partial charge in [-0.3, -0.25) is 9.59 Å². The van der Waals surface area contributed by atoms with Crippen molar-refractivity contribution < 1.29 is 14.3 Å². The number of carbonyl (C=O) groups is 2. The van der Waals surface area contributed by atoms with E-state index in [1.165, 1.54) is 4.90 Å². The summed E-state index contributed by atoms with van der Waals surface area (Å²) in [5, 5.41) is 7.23. The molecule has 0 aliphatic heterocycles. The molecule has 0 unspecified atom stereocenters. The third-order valence-corrected chi connectivity index (χ3v) is 5.98. The van der Waals surface area contributed by atoms with E-state index >= 15 is 0 Å². The summed E-state index contributed by atoms with van der Waals surface area (Å²) in [5.74, 6) is 0.238. The van der Waals surface area contributed by atoms with Crippen molar-refractivity contribution in [3.8, 4) is 0 Å². The lowest BCUT2D eigenvalue weighted by molar-refractivity contribution is -0.148. The third-order valence-electron chi connectivity index (χ3n) is 4.88. The Kier molecular flexibility index (Phi) is 8.06.